The van der Waals surface area contributed by atoms with Crippen molar-refractivity contribution in [2.45, 2.75) is 13.0 Å². The van der Waals surface area contributed by atoms with Crippen molar-refractivity contribution in [3.05, 3.63) is 48.7 Å². The second-order valence-corrected chi connectivity index (χ2v) is 5.73. The van der Waals surface area contributed by atoms with E-state index in [9.17, 15) is 4.79 Å². The van der Waals surface area contributed by atoms with Crippen molar-refractivity contribution >= 4 is 30.7 Å². The largest absolute Gasteiger partial charge is 0.484 e. The van der Waals surface area contributed by atoms with E-state index < -0.39 is 0 Å². The van der Waals surface area contributed by atoms with E-state index in [2.05, 4.69) is 17.2 Å². The molecule has 1 fully saturated rings. The molecule has 6 nitrogen and oxygen atoms in total. The Bertz CT molecular complexity index is 671. The van der Waals surface area contributed by atoms with Crippen molar-refractivity contribution in [1.29, 1.82) is 0 Å². The molecule has 3 rings (SSSR count). The minimum Gasteiger partial charge on any atom is -0.484 e. The fourth-order valence-electron chi connectivity index (χ4n) is 2.53. The lowest BCUT2D eigenvalue weighted by Gasteiger charge is -2.31. The molecular formula is C18H23Cl2N3O3. The molecule has 0 spiro atoms. The number of hydrogen-bond donors (Lipinski definition) is 1. The molecule has 0 aliphatic carbocycles. The summed E-state index contributed by atoms with van der Waals surface area (Å²) in [5.74, 6) is 1.86. The van der Waals surface area contributed by atoms with Crippen LogP contribution in [0.3, 0.4) is 0 Å². The molecule has 1 aromatic heterocycles. The van der Waals surface area contributed by atoms with E-state index in [1.807, 2.05) is 17.0 Å². The first-order chi connectivity index (χ1) is 11.7. The number of halogens is 2. The van der Waals surface area contributed by atoms with Gasteiger partial charge in [-0.3, -0.25) is 4.79 Å². The Labute approximate surface area is 165 Å². The Kier molecular flexibility index (Phi) is 9.19. The van der Waals surface area contributed by atoms with Gasteiger partial charge < -0.3 is 19.7 Å². The molecule has 1 aliphatic heterocycles. The van der Waals surface area contributed by atoms with Gasteiger partial charge in [0.2, 0.25) is 5.88 Å². The van der Waals surface area contributed by atoms with Crippen LogP contribution >= 0.6 is 24.8 Å². The summed E-state index contributed by atoms with van der Waals surface area (Å²) in [5.41, 5.74) is 0. The number of amides is 1. The molecule has 1 aromatic carbocycles. The number of pyridine rings is 1. The number of carbonyl (C=O) groups excluding carboxylic acids is 1. The minimum atomic E-state index is 0. The van der Waals surface area contributed by atoms with Crippen LogP contribution in [0.15, 0.2) is 48.7 Å². The lowest BCUT2D eigenvalue weighted by molar-refractivity contribution is -0.134. The van der Waals surface area contributed by atoms with Gasteiger partial charge in [0.1, 0.15) is 11.5 Å². The molecule has 1 N–H and O–H groups in total. The third-order valence-corrected chi connectivity index (χ3v) is 3.77. The highest BCUT2D eigenvalue weighted by Crippen LogP contribution is 2.22. The SMILES string of the molecule is CC1CN(C(=O)COc2ccc(Oc3ccccn3)cc2)CCN1.Cl.Cl. The molecule has 0 radical (unpaired) electrons. The maximum absolute atomic E-state index is 12.2. The molecule has 1 atom stereocenters. The second-order valence-electron chi connectivity index (χ2n) is 5.73. The van der Waals surface area contributed by atoms with Crippen LogP contribution < -0.4 is 14.8 Å². The molecule has 1 unspecified atom stereocenters. The zero-order chi connectivity index (χ0) is 16.8. The normalized spacial score (nSPS) is 16.0. The van der Waals surface area contributed by atoms with E-state index >= 15 is 0 Å². The van der Waals surface area contributed by atoms with Gasteiger partial charge in [-0.1, -0.05) is 6.07 Å². The predicted octanol–water partition coefficient (Wildman–Crippen LogP) is 2.92. The highest BCUT2D eigenvalue weighted by molar-refractivity contribution is 5.85. The van der Waals surface area contributed by atoms with Gasteiger partial charge in [-0.15, -0.1) is 24.8 Å². The van der Waals surface area contributed by atoms with Crippen molar-refractivity contribution in [3.8, 4) is 17.4 Å². The van der Waals surface area contributed by atoms with Crippen LogP contribution in [0.4, 0.5) is 0 Å². The molecule has 0 bridgehead atoms. The average molecular weight is 400 g/mol. The Hall–Kier alpha value is -2.02. The van der Waals surface area contributed by atoms with Crippen LogP contribution in [0.25, 0.3) is 0 Å². The Morgan fingerprint density at radius 3 is 2.58 bits per heavy atom. The third kappa shape index (κ3) is 6.37. The Morgan fingerprint density at radius 2 is 1.92 bits per heavy atom. The lowest BCUT2D eigenvalue weighted by Crippen LogP contribution is -2.52. The van der Waals surface area contributed by atoms with Gasteiger partial charge in [0.05, 0.1) is 0 Å². The first kappa shape index (κ1) is 22.0. The second kappa shape index (κ2) is 10.9. The van der Waals surface area contributed by atoms with Crippen LogP contribution in [-0.4, -0.2) is 48.1 Å². The number of aromatic nitrogens is 1. The summed E-state index contributed by atoms with van der Waals surface area (Å²) < 4.78 is 11.2. The number of benzene rings is 1. The molecule has 1 saturated heterocycles. The Morgan fingerprint density at radius 1 is 1.19 bits per heavy atom. The summed E-state index contributed by atoms with van der Waals surface area (Å²) in [6, 6.07) is 13.0. The number of rotatable bonds is 5. The molecule has 142 valence electrons. The number of piperazine rings is 1. The summed E-state index contributed by atoms with van der Waals surface area (Å²) in [6.07, 6.45) is 1.68. The van der Waals surface area contributed by atoms with Crippen molar-refractivity contribution in [1.82, 2.24) is 15.2 Å². The maximum Gasteiger partial charge on any atom is 0.260 e. The van der Waals surface area contributed by atoms with Gasteiger partial charge in [-0.05, 0) is 37.3 Å². The van der Waals surface area contributed by atoms with E-state index in [0.29, 0.717) is 23.4 Å². The molecule has 2 heterocycles. The summed E-state index contributed by atoms with van der Waals surface area (Å²) in [6.45, 7) is 4.39. The van der Waals surface area contributed by atoms with Crippen LogP contribution in [0.2, 0.25) is 0 Å². The first-order valence-electron chi connectivity index (χ1n) is 8.03. The van der Waals surface area contributed by atoms with Gasteiger partial charge in [0, 0.05) is 37.9 Å². The smallest absolute Gasteiger partial charge is 0.260 e. The van der Waals surface area contributed by atoms with Gasteiger partial charge in [0.15, 0.2) is 6.61 Å². The number of ether oxygens (including phenoxy) is 2. The maximum atomic E-state index is 12.2. The number of hydrogen-bond acceptors (Lipinski definition) is 5. The minimum absolute atomic E-state index is 0. The van der Waals surface area contributed by atoms with Crippen molar-refractivity contribution in [2.75, 3.05) is 26.2 Å². The van der Waals surface area contributed by atoms with Crippen molar-refractivity contribution in [3.63, 3.8) is 0 Å². The van der Waals surface area contributed by atoms with Crippen molar-refractivity contribution in [2.24, 2.45) is 0 Å². The zero-order valence-electron chi connectivity index (χ0n) is 14.5. The summed E-state index contributed by atoms with van der Waals surface area (Å²) in [4.78, 5) is 18.1. The molecule has 0 saturated carbocycles. The molecule has 8 heteroatoms. The highest BCUT2D eigenvalue weighted by Gasteiger charge is 2.20. The summed E-state index contributed by atoms with van der Waals surface area (Å²) >= 11 is 0. The fourth-order valence-corrected chi connectivity index (χ4v) is 2.53. The van der Waals surface area contributed by atoms with E-state index in [-0.39, 0.29) is 37.3 Å². The van der Waals surface area contributed by atoms with Gasteiger partial charge in [0.25, 0.3) is 5.91 Å². The standard InChI is InChI=1S/C18H21N3O3.2ClH/c1-14-12-21(11-10-19-14)18(22)13-23-15-5-7-16(8-6-15)24-17-4-2-3-9-20-17;;/h2-9,14,19H,10-13H2,1H3;2*1H. The number of nitrogens with zero attached hydrogens (tertiary/aromatic N) is 2. The topological polar surface area (TPSA) is 63.7 Å². The number of carbonyl (C=O) groups is 1. The van der Waals surface area contributed by atoms with Crippen LogP contribution in [-0.2, 0) is 4.79 Å². The Balaban J connectivity index is 0.00000169. The lowest BCUT2D eigenvalue weighted by atomic mass is 10.2. The van der Waals surface area contributed by atoms with Crippen molar-refractivity contribution < 1.29 is 14.3 Å². The highest BCUT2D eigenvalue weighted by atomic mass is 35.5. The van der Waals surface area contributed by atoms with E-state index in [1.165, 1.54) is 0 Å². The molecule has 1 aliphatic rings. The molecule has 26 heavy (non-hydrogen) atoms. The van der Waals surface area contributed by atoms with Crippen LogP contribution in [0.1, 0.15) is 6.92 Å². The monoisotopic (exact) mass is 399 g/mol. The van der Waals surface area contributed by atoms with E-state index in [1.54, 1.807) is 36.5 Å². The van der Waals surface area contributed by atoms with E-state index in [0.717, 1.165) is 19.6 Å². The zero-order valence-corrected chi connectivity index (χ0v) is 16.1. The fraction of sp³-hybridized carbons (Fsp3) is 0.333. The first-order valence-corrected chi connectivity index (χ1v) is 8.03. The molecule has 1 amide bonds. The molecule has 2 aromatic rings. The quantitative estimate of drug-likeness (QED) is 0.836. The van der Waals surface area contributed by atoms with Crippen LogP contribution in [0.5, 0.6) is 17.4 Å². The van der Waals surface area contributed by atoms with Gasteiger partial charge in [-0.25, -0.2) is 4.98 Å². The third-order valence-electron chi connectivity index (χ3n) is 3.77. The van der Waals surface area contributed by atoms with Gasteiger partial charge >= 0.3 is 0 Å². The average Bonchev–Trinajstić information content (AvgIpc) is 2.62. The molecular weight excluding hydrogens is 377 g/mol. The summed E-state index contributed by atoms with van der Waals surface area (Å²) in [5, 5.41) is 3.31. The summed E-state index contributed by atoms with van der Waals surface area (Å²) in [7, 11) is 0. The van der Waals surface area contributed by atoms with E-state index in [4.69, 9.17) is 9.47 Å². The predicted molar refractivity (Wildman–Crippen MR) is 105 cm³/mol. The van der Waals surface area contributed by atoms with Gasteiger partial charge in [-0.2, -0.15) is 0 Å². The number of nitrogens with one attached hydrogen (secondary N) is 1. The van der Waals surface area contributed by atoms with Crippen LogP contribution in [0, 0.1) is 0 Å².